The lowest BCUT2D eigenvalue weighted by molar-refractivity contribution is 0.374. The van der Waals surface area contributed by atoms with Gasteiger partial charge in [0.05, 0.1) is 22.8 Å². The summed E-state index contributed by atoms with van der Waals surface area (Å²) >= 11 is 0. The molecular weight excluding hydrogens is 296 g/mol. The van der Waals surface area contributed by atoms with Gasteiger partial charge >= 0.3 is 5.69 Å². The van der Waals surface area contributed by atoms with E-state index in [1.165, 1.54) is 15.3 Å². The van der Waals surface area contributed by atoms with Crippen molar-refractivity contribution in [2.24, 2.45) is 7.05 Å². The Bertz CT molecular complexity index is 952. The molecule has 0 bridgehead atoms. The van der Waals surface area contributed by atoms with E-state index in [1.54, 1.807) is 19.3 Å². The molecule has 3 aromatic rings. The zero-order valence-corrected chi connectivity index (χ0v) is 13.2. The first-order chi connectivity index (χ1) is 11.1. The van der Waals surface area contributed by atoms with Crippen LogP contribution in [0.5, 0.6) is 0 Å². The molecule has 0 aliphatic carbocycles. The Hall–Kier alpha value is -2.70. The van der Waals surface area contributed by atoms with Crippen molar-refractivity contribution in [3.05, 3.63) is 56.8 Å². The number of nitrogens with zero attached hydrogens (tertiary/aromatic N) is 4. The van der Waals surface area contributed by atoms with Crippen molar-refractivity contribution in [1.82, 2.24) is 19.3 Å². The topological polar surface area (TPSA) is 82.9 Å². The second kappa shape index (κ2) is 6.20. The summed E-state index contributed by atoms with van der Waals surface area (Å²) in [6.07, 6.45) is 5.37. The van der Waals surface area contributed by atoms with Gasteiger partial charge in [-0.2, -0.15) is 0 Å². The second-order valence-electron chi connectivity index (χ2n) is 5.58. The zero-order chi connectivity index (χ0) is 16.4. The van der Waals surface area contributed by atoms with E-state index < -0.39 is 0 Å². The molecule has 0 fully saturated rings. The highest BCUT2D eigenvalue weighted by atomic mass is 16.5. The number of aryl methyl sites for hydroxylation is 3. The summed E-state index contributed by atoms with van der Waals surface area (Å²) < 4.78 is 7.90. The highest BCUT2D eigenvalue weighted by Crippen LogP contribution is 2.08. The molecule has 0 unspecified atom stereocenters. The first-order valence-corrected chi connectivity index (χ1v) is 7.53. The first kappa shape index (κ1) is 15.2. The van der Waals surface area contributed by atoms with E-state index in [0.717, 1.165) is 24.3 Å². The van der Waals surface area contributed by atoms with Crippen LogP contribution in [-0.4, -0.2) is 19.3 Å². The minimum Gasteiger partial charge on any atom is -0.361 e. The van der Waals surface area contributed by atoms with Crippen molar-refractivity contribution in [2.45, 2.75) is 32.7 Å². The van der Waals surface area contributed by atoms with E-state index in [2.05, 4.69) is 10.1 Å². The van der Waals surface area contributed by atoms with Crippen LogP contribution in [0.2, 0.25) is 0 Å². The van der Waals surface area contributed by atoms with Gasteiger partial charge in [0.15, 0.2) is 0 Å². The first-order valence-electron chi connectivity index (χ1n) is 7.53. The summed E-state index contributed by atoms with van der Waals surface area (Å²) in [5, 5.41) is 4.35. The highest BCUT2D eigenvalue weighted by molar-refractivity contribution is 5.76. The summed E-state index contributed by atoms with van der Waals surface area (Å²) in [4.78, 5) is 28.8. The van der Waals surface area contributed by atoms with Crippen LogP contribution >= 0.6 is 0 Å². The molecular formula is C16H18N4O3. The molecule has 7 heteroatoms. The molecule has 7 nitrogen and oxygen atoms in total. The van der Waals surface area contributed by atoms with Gasteiger partial charge in [0.1, 0.15) is 5.76 Å². The maximum Gasteiger partial charge on any atom is 0.331 e. The van der Waals surface area contributed by atoms with E-state index in [9.17, 15) is 9.59 Å². The molecule has 0 aliphatic rings. The SMILES string of the molecule is Cc1cc(CCCCn2c(=O)c3ccncc3n(C)c2=O)on1. The van der Waals surface area contributed by atoms with Crippen molar-refractivity contribution in [2.75, 3.05) is 0 Å². The Labute approximate surface area is 132 Å². The third-order valence-electron chi connectivity index (χ3n) is 3.89. The van der Waals surface area contributed by atoms with Crippen LogP contribution in [0.25, 0.3) is 10.9 Å². The average molecular weight is 314 g/mol. The predicted octanol–water partition coefficient (Wildman–Crippen LogP) is 1.41. The van der Waals surface area contributed by atoms with Gasteiger partial charge in [-0.05, 0) is 25.8 Å². The number of rotatable bonds is 5. The molecule has 0 aliphatic heterocycles. The Kier molecular flexibility index (Phi) is 4.10. The largest absolute Gasteiger partial charge is 0.361 e. The molecule has 0 radical (unpaired) electrons. The van der Waals surface area contributed by atoms with Crippen LogP contribution in [0.15, 0.2) is 38.6 Å². The highest BCUT2D eigenvalue weighted by Gasteiger charge is 2.10. The number of fused-ring (bicyclic) bond motifs is 1. The smallest absolute Gasteiger partial charge is 0.331 e. The van der Waals surface area contributed by atoms with Crippen molar-refractivity contribution in [1.29, 1.82) is 0 Å². The van der Waals surface area contributed by atoms with Gasteiger partial charge in [-0.15, -0.1) is 0 Å². The number of unbranched alkanes of at least 4 members (excludes halogenated alkanes) is 1. The van der Waals surface area contributed by atoms with E-state index >= 15 is 0 Å². The normalized spacial score (nSPS) is 11.2. The van der Waals surface area contributed by atoms with Gasteiger partial charge in [0.2, 0.25) is 0 Å². The van der Waals surface area contributed by atoms with Crippen LogP contribution in [0.1, 0.15) is 24.3 Å². The standard InChI is InChI=1S/C16H18N4O3/c1-11-9-12(23-18-11)5-3-4-8-20-15(21)13-6-7-17-10-14(13)19(2)16(20)22/h6-7,9-10H,3-5,8H2,1-2H3. The maximum absolute atomic E-state index is 12.5. The minimum absolute atomic E-state index is 0.263. The van der Waals surface area contributed by atoms with Crippen LogP contribution in [0.4, 0.5) is 0 Å². The minimum atomic E-state index is -0.314. The molecule has 3 aromatic heterocycles. The molecule has 0 saturated heterocycles. The molecule has 0 spiro atoms. The monoisotopic (exact) mass is 314 g/mol. The third kappa shape index (κ3) is 2.94. The van der Waals surface area contributed by atoms with Gasteiger partial charge in [-0.25, -0.2) is 4.79 Å². The van der Waals surface area contributed by atoms with E-state index in [4.69, 9.17) is 4.52 Å². The Balaban J connectivity index is 1.78. The predicted molar refractivity (Wildman–Crippen MR) is 85.4 cm³/mol. The van der Waals surface area contributed by atoms with Gasteiger partial charge in [0.25, 0.3) is 5.56 Å². The summed E-state index contributed by atoms with van der Waals surface area (Å²) in [5.74, 6) is 0.826. The van der Waals surface area contributed by atoms with Crippen molar-refractivity contribution in [3.63, 3.8) is 0 Å². The molecule has 0 amide bonds. The molecule has 3 heterocycles. The van der Waals surface area contributed by atoms with E-state index in [-0.39, 0.29) is 11.2 Å². The summed E-state index contributed by atoms with van der Waals surface area (Å²) in [6, 6.07) is 3.54. The van der Waals surface area contributed by atoms with Crippen LogP contribution < -0.4 is 11.2 Å². The van der Waals surface area contributed by atoms with Gasteiger partial charge in [0, 0.05) is 32.3 Å². The second-order valence-corrected chi connectivity index (χ2v) is 5.58. The Morgan fingerprint density at radius 1 is 1.26 bits per heavy atom. The molecule has 0 atom stereocenters. The fourth-order valence-corrected chi connectivity index (χ4v) is 2.65. The third-order valence-corrected chi connectivity index (χ3v) is 3.89. The lowest BCUT2D eigenvalue weighted by Crippen LogP contribution is -2.39. The van der Waals surface area contributed by atoms with Crippen molar-refractivity contribution in [3.8, 4) is 0 Å². The lowest BCUT2D eigenvalue weighted by Gasteiger charge is -2.09. The maximum atomic E-state index is 12.5. The van der Waals surface area contributed by atoms with E-state index in [1.807, 2.05) is 13.0 Å². The van der Waals surface area contributed by atoms with Crippen molar-refractivity contribution >= 4 is 10.9 Å². The molecule has 0 N–H and O–H groups in total. The fraction of sp³-hybridized carbons (Fsp3) is 0.375. The van der Waals surface area contributed by atoms with Gasteiger partial charge in [-0.1, -0.05) is 5.16 Å². The summed E-state index contributed by atoms with van der Waals surface area (Å²) in [7, 11) is 1.65. The van der Waals surface area contributed by atoms with E-state index in [0.29, 0.717) is 23.9 Å². The molecule has 23 heavy (non-hydrogen) atoms. The molecule has 3 rings (SSSR count). The number of hydrogen-bond acceptors (Lipinski definition) is 5. The Morgan fingerprint density at radius 3 is 2.83 bits per heavy atom. The lowest BCUT2D eigenvalue weighted by atomic mass is 10.2. The van der Waals surface area contributed by atoms with Crippen LogP contribution in [0, 0.1) is 6.92 Å². The van der Waals surface area contributed by atoms with Gasteiger partial charge < -0.3 is 4.52 Å². The van der Waals surface area contributed by atoms with Crippen LogP contribution in [-0.2, 0) is 20.0 Å². The number of aromatic nitrogens is 4. The molecule has 0 aromatic carbocycles. The van der Waals surface area contributed by atoms with Crippen LogP contribution in [0.3, 0.4) is 0 Å². The Morgan fingerprint density at radius 2 is 2.09 bits per heavy atom. The van der Waals surface area contributed by atoms with Gasteiger partial charge in [-0.3, -0.25) is 18.9 Å². The summed E-state index contributed by atoms with van der Waals surface area (Å²) in [5.41, 5.74) is 0.830. The molecule has 120 valence electrons. The van der Waals surface area contributed by atoms with Crippen molar-refractivity contribution < 1.29 is 4.52 Å². The zero-order valence-electron chi connectivity index (χ0n) is 13.2. The quantitative estimate of drug-likeness (QED) is 0.665. The fourth-order valence-electron chi connectivity index (χ4n) is 2.65. The number of hydrogen-bond donors (Lipinski definition) is 0. The number of pyridine rings is 1. The molecule has 0 saturated carbocycles. The summed E-state index contributed by atoms with van der Waals surface area (Å²) in [6.45, 7) is 2.26. The average Bonchev–Trinajstić information content (AvgIpc) is 2.97.